The fourth-order valence-corrected chi connectivity index (χ4v) is 2.55. The summed E-state index contributed by atoms with van der Waals surface area (Å²) in [6.45, 7) is 0.971. The Morgan fingerprint density at radius 1 is 1.14 bits per heavy atom. The number of carbonyl (C=O) groups excluding carboxylic acids is 1. The van der Waals surface area contributed by atoms with E-state index in [1.807, 2.05) is 6.07 Å². The van der Waals surface area contributed by atoms with Crippen LogP contribution in [0.25, 0.3) is 6.08 Å². The highest BCUT2D eigenvalue weighted by Crippen LogP contribution is 2.32. The molecule has 2 aromatic carbocycles. The number of ether oxygens (including phenoxy) is 3. The van der Waals surface area contributed by atoms with Crippen LogP contribution < -0.4 is 19.5 Å². The zero-order valence-electron chi connectivity index (χ0n) is 15.4. The van der Waals surface area contributed by atoms with Gasteiger partial charge in [0.25, 0.3) is 5.91 Å². The fourth-order valence-electron chi connectivity index (χ4n) is 2.55. The van der Waals surface area contributed by atoms with E-state index < -0.39 is 11.9 Å². The van der Waals surface area contributed by atoms with E-state index in [0.29, 0.717) is 41.7 Å². The molecule has 8 nitrogen and oxygen atoms in total. The number of hydrogen-bond acceptors (Lipinski definition) is 6. The lowest BCUT2D eigenvalue weighted by Crippen LogP contribution is -2.17. The maximum absolute atomic E-state index is 12.4. The minimum absolute atomic E-state index is 0.0614. The molecule has 2 aromatic rings. The van der Waals surface area contributed by atoms with Gasteiger partial charge in [-0.15, -0.1) is 0 Å². The Kier molecular flexibility index (Phi) is 6.32. The predicted octanol–water partition coefficient (Wildman–Crippen LogP) is 2.86. The number of rotatable bonds is 7. The highest BCUT2D eigenvalue weighted by atomic mass is 16.6. The molecule has 0 aliphatic carbocycles. The number of hydrogen-bond donors (Lipinski definition) is 2. The predicted molar refractivity (Wildman–Crippen MR) is 104 cm³/mol. The number of carboxylic acid groups (broad SMARTS) is 1. The van der Waals surface area contributed by atoms with E-state index in [9.17, 15) is 14.9 Å². The van der Waals surface area contributed by atoms with Crippen molar-refractivity contribution in [2.45, 2.75) is 6.42 Å². The third-order valence-electron chi connectivity index (χ3n) is 3.94. The van der Waals surface area contributed by atoms with Gasteiger partial charge in [-0.05, 0) is 35.9 Å². The summed E-state index contributed by atoms with van der Waals surface area (Å²) < 4.78 is 16.2. The largest absolute Gasteiger partial charge is 0.493 e. The highest BCUT2D eigenvalue weighted by Gasteiger charge is 2.14. The van der Waals surface area contributed by atoms with Crippen LogP contribution in [-0.4, -0.2) is 36.8 Å². The molecule has 0 bridgehead atoms. The average molecular weight is 394 g/mol. The molecule has 8 heteroatoms. The first-order valence-electron chi connectivity index (χ1n) is 8.82. The molecule has 2 N–H and O–H groups in total. The number of anilines is 1. The molecule has 1 heterocycles. The number of nitriles is 1. The molecule has 0 saturated carbocycles. The quantitative estimate of drug-likeness (QED) is 0.548. The van der Waals surface area contributed by atoms with Gasteiger partial charge >= 0.3 is 5.97 Å². The van der Waals surface area contributed by atoms with Crippen LogP contribution in [0.2, 0.25) is 0 Å². The van der Waals surface area contributed by atoms with Gasteiger partial charge in [-0.2, -0.15) is 5.26 Å². The highest BCUT2D eigenvalue weighted by molar-refractivity contribution is 6.09. The average Bonchev–Trinajstić information content (AvgIpc) is 2.72. The van der Waals surface area contributed by atoms with E-state index in [2.05, 4.69) is 5.32 Å². The van der Waals surface area contributed by atoms with E-state index in [-0.39, 0.29) is 18.6 Å². The molecule has 1 aliphatic heterocycles. The van der Waals surface area contributed by atoms with Gasteiger partial charge in [0.15, 0.2) is 11.5 Å². The van der Waals surface area contributed by atoms with Crippen molar-refractivity contribution in [2.24, 2.45) is 0 Å². The van der Waals surface area contributed by atoms with Crippen LogP contribution in [0.5, 0.6) is 17.2 Å². The van der Waals surface area contributed by atoms with Crippen LogP contribution >= 0.6 is 0 Å². The molecule has 0 fully saturated rings. The van der Waals surface area contributed by atoms with E-state index in [0.717, 1.165) is 0 Å². The molecule has 0 radical (unpaired) electrons. The number of nitrogens with zero attached hydrogens (tertiary/aromatic N) is 1. The first kappa shape index (κ1) is 19.8. The van der Waals surface area contributed by atoms with Crippen LogP contribution in [0.3, 0.4) is 0 Å². The van der Waals surface area contributed by atoms with Gasteiger partial charge in [-0.25, -0.2) is 0 Å². The normalized spacial score (nSPS) is 12.6. The van der Waals surface area contributed by atoms with Crippen molar-refractivity contribution in [1.82, 2.24) is 0 Å². The third-order valence-corrected chi connectivity index (χ3v) is 3.94. The van der Waals surface area contributed by atoms with Gasteiger partial charge in [0, 0.05) is 11.8 Å². The Balaban J connectivity index is 1.65. The summed E-state index contributed by atoms with van der Waals surface area (Å²) in [4.78, 5) is 22.9. The van der Waals surface area contributed by atoms with Crippen molar-refractivity contribution in [1.29, 1.82) is 5.26 Å². The Morgan fingerprint density at radius 3 is 2.55 bits per heavy atom. The van der Waals surface area contributed by atoms with Crippen LogP contribution in [0.1, 0.15) is 12.0 Å². The summed E-state index contributed by atoms with van der Waals surface area (Å²) in [7, 11) is 0. The van der Waals surface area contributed by atoms with Crippen molar-refractivity contribution in [3.63, 3.8) is 0 Å². The number of benzene rings is 2. The van der Waals surface area contributed by atoms with Crippen LogP contribution in [0.15, 0.2) is 48.0 Å². The Bertz CT molecular complexity index is 976. The number of carbonyl (C=O) groups is 2. The zero-order chi connectivity index (χ0) is 20.6. The molecule has 1 aliphatic rings. The topological polar surface area (TPSA) is 118 Å². The zero-order valence-corrected chi connectivity index (χ0v) is 15.4. The molecular formula is C21H18N2O6. The molecule has 29 heavy (non-hydrogen) atoms. The van der Waals surface area contributed by atoms with Gasteiger partial charge < -0.3 is 24.6 Å². The van der Waals surface area contributed by atoms with Gasteiger partial charge in [-0.1, -0.05) is 12.1 Å². The smallest absolute Gasteiger partial charge is 0.306 e. The van der Waals surface area contributed by atoms with Gasteiger partial charge in [-0.3, -0.25) is 9.59 Å². The lowest BCUT2D eigenvalue weighted by Gasteiger charge is -2.18. The van der Waals surface area contributed by atoms with Crippen molar-refractivity contribution >= 4 is 23.6 Å². The number of amides is 1. The number of nitrogens with one attached hydrogen (secondary N) is 1. The second-order valence-electron chi connectivity index (χ2n) is 6.04. The van der Waals surface area contributed by atoms with Crippen molar-refractivity contribution in [3.8, 4) is 23.3 Å². The van der Waals surface area contributed by atoms with E-state index in [1.54, 1.807) is 42.5 Å². The monoisotopic (exact) mass is 394 g/mol. The molecule has 0 spiro atoms. The summed E-state index contributed by atoms with van der Waals surface area (Å²) in [5.74, 6) is 0.159. The number of carboxylic acids is 1. The molecule has 0 atom stereocenters. The van der Waals surface area contributed by atoms with E-state index in [4.69, 9.17) is 19.3 Å². The number of aliphatic carboxylic acids is 1. The fraction of sp³-hybridized carbons (Fsp3) is 0.190. The summed E-state index contributed by atoms with van der Waals surface area (Å²) >= 11 is 0. The van der Waals surface area contributed by atoms with Gasteiger partial charge in [0.1, 0.15) is 30.6 Å². The Morgan fingerprint density at radius 2 is 1.86 bits per heavy atom. The minimum Gasteiger partial charge on any atom is -0.493 e. The van der Waals surface area contributed by atoms with E-state index in [1.165, 1.54) is 6.08 Å². The SMILES string of the molecule is N#C/C(=C\c1ccc(OCCC(=O)O)cc1)C(=O)Nc1ccc2c(c1)OCCO2. The standard InChI is InChI=1S/C21H18N2O6/c22-13-15(11-14-1-4-17(5-2-14)27-8-7-20(24)25)21(26)23-16-3-6-18-19(12-16)29-10-9-28-18/h1-6,11-12H,7-10H2,(H,23,26)(H,24,25)/b15-11+. The molecule has 0 unspecified atom stereocenters. The second-order valence-corrected chi connectivity index (χ2v) is 6.04. The molecule has 3 rings (SSSR count). The summed E-state index contributed by atoms with van der Waals surface area (Å²) in [5.41, 5.74) is 1.05. The Hall–Kier alpha value is -3.99. The lowest BCUT2D eigenvalue weighted by molar-refractivity contribution is -0.137. The molecule has 0 aromatic heterocycles. The van der Waals surface area contributed by atoms with Crippen LogP contribution in [-0.2, 0) is 9.59 Å². The van der Waals surface area contributed by atoms with Crippen LogP contribution in [0, 0.1) is 11.3 Å². The summed E-state index contributed by atoms with van der Waals surface area (Å²) in [5, 5.41) is 20.6. The first-order chi connectivity index (χ1) is 14.0. The molecule has 148 valence electrons. The number of fused-ring (bicyclic) bond motifs is 1. The van der Waals surface area contributed by atoms with Gasteiger partial charge in [0.05, 0.1) is 13.0 Å². The third kappa shape index (κ3) is 5.49. The first-order valence-corrected chi connectivity index (χ1v) is 8.82. The van der Waals surface area contributed by atoms with Crippen molar-refractivity contribution in [2.75, 3.05) is 25.1 Å². The van der Waals surface area contributed by atoms with Crippen LogP contribution in [0.4, 0.5) is 5.69 Å². The van der Waals surface area contributed by atoms with Crippen molar-refractivity contribution in [3.05, 3.63) is 53.6 Å². The lowest BCUT2D eigenvalue weighted by atomic mass is 10.1. The molecular weight excluding hydrogens is 376 g/mol. The molecule has 0 saturated heterocycles. The minimum atomic E-state index is -0.938. The van der Waals surface area contributed by atoms with Gasteiger partial charge in [0.2, 0.25) is 0 Å². The second kappa shape index (κ2) is 9.28. The maximum atomic E-state index is 12.4. The molecule has 1 amide bonds. The maximum Gasteiger partial charge on any atom is 0.306 e. The summed E-state index contributed by atoms with van der Waals surface area (Å²) in [6, 6.07) is 13.5. The van der Waals surface area contributed by atoms with Crippen molar-refractivity contribution < 1.29 is 28.9 Å². The van der Waals surface area contributed by atoms with E-state index >= 15 is 0 Å². The Labute approximate surface area is 166 Å². The summed E-state index contributed by atoms with van der Waals surface area (Å²) in [6.07, 6.45) is 1.36.